The molecule has 0 heterocycles. The highest BCUT2D eigenvalue weighted by Gasteiger charge is 1.74. The van der Waals surface area contributed by atoms with Crippen molar-refractivity contribution in [2.75, 3.05) is 6.61 Å². The molecular weight excluding hydrogens is 144 g/mol. The minimum absolute atomic E-state index is 0. The lowest BCUT2D eigenvalue weighted by atomic mass is 10.3. The van der Waals surface area contributed by atoms with E-state index in [-0.39, 0.29) is 12.1 Å². The molecule has 0 radical (unpaired) electrons. The Hall–Kier alpha value is -1.06. The van der Waals surface area contributed by atoms with Crippen molar-refractivity contribution in [3.8, 4) is 5.75 Å². The normalized spacial score (nSPS) is 7.09. The first kappa shape index (κ1) is 12.6. The number of hydrogen-bond acceptors (Lipinski definition) is 2. The molecule has 3 nitrogen and oxygen atoms in total. The maximum Gasteiger partial charge on any atom is 0.115 e. The van der Waals surface area contributed by atoms with E-state index in [0.717, 1.165) is 0 Å². The summed E-state index contributed by atoms with van der Waals surface area (Å²) in [5.41, 5.74) is 0. The summed E-state index contributed by atoms with van der Waals surface area (Å²) < 4.78 is 0. The van der Waals surface area contributed by atoms with Gasteiger partial charge < -0.3 is 15.7 Å². The van der Waals surface area contributed by atoms with Crippen molar-refractivity contribution in [1.82, 2.24) is 0 Å². The van der Waals surface area contributed by atoms with Gasteiger partial charge >= 0.3 is 0 Å². The van der Waals surface area contributed by atoms with Gasteiger partial charge in [-0.05, 0) is 19.1 Å². The van der Waals surface area contributed by atoms with Crippen molar-refractivity contribution >= 4 is 0 Å². The van der Waals surface area contributed by atoms with Gasteiger partial charge in [0, 0.05) is 6.61 Å². The van der Waals surface area contributed by atoms with Crippen LogP contribution in [0.1, 0.15) is 6.92 Å². The van der Waals surface area contributed by atoms with Gasteiger partial charge in [0.1, 0.15) is 5.75 Å². The SMILES string of the molecule is CCO.O.Oc1ccccc1. The summed E-state index contributed by atoms with van der Waals surface area (Å²) in [6, 6.07) is 8.71. The number of para-hydroxylation sites is 1. The maximum atomic E-state index is 8.63. The summed E-state index contributed by atoms with van der Waals surface area (Å²) in [6.45, 7) is 1.93. The molecule has 0 atom stereocenters. The monoisotopic (exact) mass is 158 g/mol. The zero-order chi connectivity index (χ0) is 7.82. The molecule has 0 saturated carbocycles. The molecule has 0 aliphatic carbocycles. The second-order valence-corrected chi connectivity index (χ2v) is 1.65. The van der Waals surface area contributed by atoms with Crippen LogP contribution < -0.4 is 0 Å². The summed E-state index contributed by atoms with van der Waals surface area (Å²) in [5, 5.41) is 16.2. The van der Waals surface area contributed by atoms with Gasteiger partial charge in [-0.25, -0.2) is 0 Å². The maximum absolute atomic E-state index is 8.63. The molecular formula is C8H14O3. The molecule has 4 N–H and O–H groups in total. The fraction of sp³-hybridized carbons (Fsp3) is 0.250. The van der Waals surface area contributed by atoms with E-state index in [1.807, 2.05) is 6.07 Å². The summed E-state index contributed by atoms with van der Waals surface area (Å²) in [4.78, 5) is 0. The van der Waals surface area contributed by atoms with Gasteiger partial charge in [0.2, 0.25) is 0 Å². The van der Waals surface area contributed by atoms with E-state index in [2.05, 4.69) is 0 Å². The average molecular weight is 158 g/mol. The number of phenolic OH excluding ortho intramolecular Hbond substituents is 1. The van der Waals surface area contributed by atoms with Crippen LogP contribution in [0, 0.1) is 0 Å². The Balaban J connectivity index is 0. The minimum atomic E-state index is 0. The Morgan fingerprint density at radius 3 is 1.73 bits per heavy atom. The van der Waals surface area contributed by atoms with Crippen molar-refractivity contribution in [1.29, 1.82) is 0 Å². The van der Waals surface area contributed by atoms with Gasteiger partial charge in [-0.1, -0.05) is 18.2 Å². The molecule has 0 unspecified atom stereocenters. The predicted molar refractivity (Wildman–Crippen MR) is 44.5 cm³/mol. The Labute approximate surface area is 66.2 Å². The standard InChI is InChI=1S/C6H6O.C2H6O.H2O/c7-6-4-2-1-3-5-6;1-2-3;/h1-5,7H;3H,2H2,1H3;1H2. The second kappa shape index (κ2) is 8.94. The van der Waals surface area contributed by atoms with Crippen molar-refractivity contribution in [3.05, 3.63) is 30.3 Å². The molecule has 11 heavy (non-hydrogen) atoms. The molecule has 0 bridgehead atoms. The molecule has 0 aliphatic heterocycles. The van der Waals surface area contributed by atoms with E-state index in [4.69, 9.17) is 10.2 Å². The number of aliphatic hydroxyl groups excluding tert-OH is 1. The van der Waals surface area contributed by atoms with Crippen LogP contribution in [0.5, 0.6) is 5.75 Å². The zero-order valence-corrected chi connectivity index (χ0v) is 6.49. The van der Waals surface area contributed by atoms with Gasteiger partial charge in [-0.2, -0.15) is 0 Å². The minimum Gasteiger partial charge on any atom is -0.508 e. The van der Waals surface area contributed by atoms with Crippen LogP contribution in [0.25, 0.3) is 0 Å². The molecule has 0 amide bonds. The van der Waals surface area contributed by atoms with E-state index < -0.39 is 0 Å². The number of rotatable bonds is 0. The highest BCUT2D eigenvalue weighted by molar-refractivity contribution is 5.18. The van der Waals surface area contributed by atoms with Crippen molar-refractivity contribution in [3.63, 3.8) is 0 Å². The first-order chi connectivity index (χ1) is 4.81. The topological polar surface area (TPSA) is 72.0 Å². The average Bonchev–Trinajstić information content (AvgIpc) is 1.91. The third-order valence-electron chi connectivity index (χ3n) is 0.756. The lowest BCUT2D eigenvalue weighted by Crippen LogP contribution is -1.57. The lowest BCUT2D eigenvalue weighted by Gasteiger charge is -1.82. The molecule has 0 aliphatic rings. The van der Waals surface area contributed by atoms with E-state index in [0.29, 0.717) is 5.75 Å². The van der Waals surface area contributed by atoms with Gasteiger partial charge in [-0.15, -0.1) is 0 Å². The summed E-state index contributed by atoms with van der Waals surface area (Å²) >= 11 is 0. The Bertz CT molecular complexity index is 151. The molecule has 0 aromatic heterocycles. The number of aliphatic hydroxyl groups is 1. The van der Waals surface area contributed by atoms with E-state index >= 15 is 0 Å². The van der Waals surface area contributed by atoms with Crippen molar-refractivity contribution in [2.24, 2.45) is 0 Å². The number of phenols is 1. The van der Waals surface area contributed by atoms with Crippen LogP contribution in [0.3, 0.4) is 0 Å². The van der Waals surface area contributed by atoms with Gasteiger partial charge in [-0.3, -0.25) is 0 Å². The van der Waals surface area contributed by atoms with Crippen molar-refractivity contribution < 1.29 is 15.7 Å². The van der Waals surface area contributed by atoms with Gasteiger partial charge in [0.15, 0.2) is 0 Å². The highest BCUT2D eigenvalue weighted by Crippen LogP contribution is 2.02. The highest BCUT2D eigenvalue weighted by atomic mass is 16.3. The largest absolute Gasteiger partial charge is 0.508 e. The zero-order valence-electron chi connectivity index (χ0n) is 6.49. The molecule has 3 heteroatoms. The van der Waals surface area contributed by atoms with Crippen LogP contribution in [-0.4, -0.2) is 22.3 Å². The summed E-state index contributed by atoms with van der Waals surface area (Å²) in [7, 11) is 0. The summed E-state index contributed by atoms with van der Waals surface area (Å²) in [5.74, 6) is 0.322. The molecule has 1 aromatic rings. The first-order valence-electron chi connectivity index (χ1n) is 3.16. The quantitative estimate of drug-likeness (QED) is 0.579. The fourth-order valence-electron chi connectivity index (χ4n) is 0.428. The smallest absolute Gasteiger partial charge is 0.115 e. The fourth-order valence-corrected chi connectivity index (χ4v) is 0.428. The molecule has 1 aromatic carbocycles. The molecule has 1 rings (SSSR count). The Morgan fingerprint density at radius 1 is 1.18 bits per heavy atom. The van der Waals surface area contributed by atoms with Gasteiger partial charge in [0.25, 0.3) is 0 Å². The van der Waals surface area contributed by atoms with Crippen LogP contribution in [0.2, 0.25) is 0 Å². The van der Waals surface area contributed by atoms with E-state index in [1.165, 1.54) is 0 Å². The van der Waals surface area contributed by atoms with Crippen LogP contribution in [0.4, 0.5) is 0 Å². The molecule has 0 saturated heterocycles. The van der Waals surface area contributed by atoms with Gasteiger partial charge in [0.05, 0.1) is 0 Å². The van der Waals surface area contributed by atoms with Crippen LogP contribution >= 0.6 is 0 Å². The lowest BCUT2D eigenvalue weighted by molar-refractivity contribution is 0.318. The Kier molecular flexibility index (Phi) is 10.2. The predicted octanol–water partition coefficient (Wildman–Crippen LogP) is 0.566. The number of aromatic hydroxyl groups is 1. The Morgan fingerprint density at radius 2 is 1.55 bits per heavy atom. The van der Waals surface area contributed by atoms with Crippen molar-refractivity contribution in [2.45, 2.75) is 6.92 Å². The molecule has 0 spiro atoms. The van der Waals surface area contributed by atoms with E-state index in [1.54, 1.807) is 31.2 Å². The number of hydrogen-bond donors (Lipinski definition) is 2. The van der Waals surface area contributed by atoms with Crippen LogP contribution in [0.15, 0.2) is 30.3 Å². The summed E-state index contributed by atoms with van der Waals surface area (Å²) in [6.07, 6.45) is 0. The number of benzene rings is 1. The first-order valence-corrected chi connectivity index (χ1v) is 3.16. The third kappa shape index (κ3) is 8.94. The molecule has 0 fully saturated rings. The molecule has 64 valence electrons. The van der Waals surface area contributed by atoms with Crippen LogP contribution in [-0.2, 0) is 0 Å². The third-order valence-corrected chi connectivity index (χ3v) is 0.756. The van der Waals surface area contributed by atoms with E-state index in [9.17, 15) is 0 Å². The second-order valence-electron chi connectivity index (χ2n) is 1.65.